The molecule has 104 valence electrons. The van der Waals surface area contributed by atoms with Crippen molar-refractivity contribution >= 4 is 11.4 Å². The predicted molar refractivity (Wildman–Crippen MR) is 70.1 cm³/mol. The van der Waals surface area contributed by atoms with E-state index in [1.54, 1.807) is 19.1 Å². The van der Waals surface area contributed by atoms with Crippen molar-refractivity contribution in [3.8, 4) is 11.3 Å². The number of nitro benzene ring substituents is 2. The van der Waals surface area contributed by atoms with Crippen LogP contribution in [0.5, 0.6) is 0 Å². The van der Waals surface area contributed by atoms with Crippen LogP contribution in [0.4, 0.5) is 11.4 Å². The van der Waals surface area contributed by atoms with Gasteiger partial charge in [-0.05, 0) is 19.1 Å². The minimum Gasteiger partial charge on any atom is -0.459 e. The van der Waals surface area contributed by atoms with Gasteiger partial charge in [-0.3, -0.25) is 20.2 Å². The van der Waals surface area contributed by atoms with Crippen molar-refractivity contribution in [2.24, 2.45) is 5.73 Å². The van der Waals surface area contributed by atoms with E-state index in [-0.39, 0.29) is 23.0 Å². The molecule has 1 unspecified atom stereocenters. The summed E-state index contributed by atoms with van der Waals surface area (Å²) in [5, 5.41) is 21.6. The Labute approximate surface area is 113 Å². The summed E-state index contributed by atoms with van der Waals surface area (Å²) in [5.41, 5.74) is 5.18. The molecular weight excluding hydrogens is 266 g/mol. The number of hydrogen-bond donors (Lipinski definition) is 1. The zero-order valence-electron chi connectivity index (χ0n) is 10.5. The molecule has 2 aromatic rings. The van der Waals surface area contributed by atoms with Gasteiger partial charge in [-0.1, -0.05) is 0 Å². The second kappa shape index (κ2) is 5.10. The molecule has 0 saturated heterocycles. The van der Waals surface area contributed by atoms with E-state index in [9.17, 15) is 20.2 Å². The van der Waals surface area contributed by atoms with Crippen LogP contribution in [0, 0.1) is 20.2 Å². The topological polar surface area (TPSA) is 125 Å². The Morgan fingerprint density at radius 3 is 2.05 bits per heavy atom. The third kappa shape index (κ3) is 2.64. The standard InChI is InChI=1S/C12H11N3O5/c1-7(13)11-2-3-12(20-11)8-4-9(14(16)17)6-10(5-8)15(18)19/h2-7H,13H2,1H3. The summed E-state index contributed by atoms with van der Waals surface area (Å²) in [5.74, 6) is 0.790. The smallest absolute Gasteiger partial charge is 0.277 e. The second-order valence-electron chi connectivity index (χ2n) is 4.24. The monoisotopic (exact) mass is 277 g/mol. The lowest BCUT2D eigenvalue weighted by molar-refractivity contribution is -0.394. The fourth-order valence-electron chi connectivity index (χ4n) is 1.70. The lowest BCUT2D eigenvalue weighted by Crippen LogP contribution is -2.02. The van der Waals surface area contributed by atoms with Gasteiger partial charge < -0.3 is 10.2 Å². The van der Waals surface area contributed by atoms with Crippen LogP contribution >= 0.6 is 0 Å². The summed E-state index contributed by atoms with van der Waals surface area (Å²) in [6.45, 7) is 1.72. The van der Waals surface area contributed by atoms with Gasteiger partial charge in [-0.2, -0.15) is 0 Å². The van der Waals surface area contributed by atoms with Gasteiger partial charge in [0.25, 0.3) is 11.4 Å². The lowest BCUT2D eigenvalue weighted by atomic mass is 10.1. The third-order valence-corrected chi connectivity index (χ3v) is 2.68. The van der Waals surface area contributed by atoms with Crippen molar-refractivity contribution in [2.45, 2.75) is 13.0 Å². The summed E-state index contributed by atoms with van der Waals surface area (Å²) in [6.07, 6.45) is 0. The van der Waals surface area contributed by atoms with Crippen LogP contribution in [-0.4, -0.2) is 9.85 Å². The van der Waals surface area contributed by atoms with Crippen LogP contribution in [0.15, 0.2) is 34.7 Å². The number of benzene rings is 1. The number of furan rings is 1. The molecule has 1 aromatic heterocycles. The van der Waals surface area contributed by atoms with Crippen LogP contribution in [0.3, 0.4) is 0 Å². The first kappa shape index (κ1) is 13.7. The predicted octanol–water partition coefficient (Wildman–Crippen LogP) is 2.78. The molecule has 0 fully saturated rings. The van der Waals surface area contributed by atoms with Gasteiger partial charge in [0.15, 0.2) is 0 Å². The van der Waals surface area contributed by atoms with E-state index in [0.717, 1.165) is 6.07 Å². The number of nitro groups is 2. The lowest BCUT2D eigenvalue weighted by Gasteiger charge is -2.01. The largest absolute Gasteiger partial charge is 0.459 e. The average Bonchev–Trinajstić information content (AvgIpc) is 2.87. The molecule has 8 nitrogen and oxygen atoms in total. The van der Waals surface area contributed by atoms with E-state index in [0.29, 0.717) is 11.5 Å². The third-order valence-electron chi connectivity index (χ3n) is 2.68. The van der Waals surface area contributed by atoms with Crippen molar-refractivity contribution in [3.63, 3.8) is 0 Å². The maximum atomic E-state index is 10.8. The highest BCUT2D eigenvalue weighted by atomic mass is 16.6. The molecule has 8 heteroatoms. The molecule has 0 aliphatic rings. The summed E-state index contributed by atoms with van der Waals surface area (Å²) in [4.78, 5) is 20.2. The highest BCUT2D eigenvalue weighted by molar-refractivity contribution is 5.66. The molecule has 2 rings (SSSR count). The Balaban J connectivity index is 2.54. The van der Waals surface area contributed by atoms with Crippen molar-refractivity contribution < 1.29 is 14.3 Å². The zero-order valence-corrected chi connectivity index (χ0v) is 10.5. The maximum Gasteiger partial charge on any atom is 0.277 e. The van der Waals surface area contributed by atoms with Crippen LogP contribution in [0.25, 0.3) is 11.3 Å². The molecule has 1 atom stereocenters. The Kier molecular flexibility index (Phi) is 3.49. The van der Waals surface area contributed by atoms with Crippen LogP contribution < -0.4 is 5.73 Å². The quantitative estimate of drug-likeness (QED) is 0.676. The van der Waals surface area contributed by atoms with Crippen molar-refractivity contribution in [2.75, 3.05) is 0 Å². The van der Waals surface area contributed by atoms with Gasteiger partial charge >= 0.3 is 0 Å². The number of non-ortho nitro benzene ring substituents is 2. The molecule has 0 aliphatic heterocycles. The number of rotatable bonds is 4. The fourth-order valence-corrected chi connectivity index (χ4v) is 1.70. The highest BCUT2D eigenvalue weighted by Gasteiger charge is 2.19. The van der Waals surface area contributed by atoms with Gasteiger partial charge in [0.05, 0.1) is 22.0 Å². The first-order valence-corrected chi connectivity index (χ1v) is 5.68. The molecule has 0 spiro atoms. The Morgan fingerprint density at radius 2 is 1.65 bits per heavy atom. The maximum absolute atomic E-state index is 10.8. The number of nitrogens with two attached hydrogens (primary N) is 1. The Bertz CT molecular complexity index is 645. The minimum atomic E-state index is -0.689. The summed E-state index contributed by atoms with van der Waals surface area (Å²) in [6, 6.07) is 6.20. The molecule has 20 heavy (non-hydrogen) atoms. The van der Waals surface area contributed by atoms with Crippen molar-refractivity contribution in [3.05, 3.63) is 56.3 Å². The van der Waals surface area contributed by atoms with Gasteiger partial charge in [-0.15, -0.1) is 0 Å². The molecule has 1 aromatic carbocycles. The molecule has 1 heterocycles. The molecular formula is C12H11N3O5. The van der Waals surface area contributed by atoms with Gasteiger partial charge in [0.1, 0.15) is 11.5 Å². The zero-order chi connectivity index (χ0) is 14.9. The molecule has 0 aliphatic carbocycles. The van der Waals surface area contributed by atoms with E-state index in [4.69, 9.17) is 10.2 Å². The molecule has 0 amide bonds. The summed E-state index contributed by atoms with van der Waals surface area (Å²) >= 11 is 0. The van der Waals surface area contributed by atoms with Crippen LogP contribution in [0.2, 0.25) is 0 Å². The highest BCUT2D eigenvalue weighted by Crippen LogP contribution is 2.31. The minimum absolute atomic E-state index is 0.262. The average molecular weight is 277 g/mol. The van der Waals surface area contributed by atoms with Crippen molar-refractivity contribution in [1.29, 1.82) is 0 Å². The van der Waals surface area contributed by atoms with Gasteiger partial charge in [0, 0.05) is 17.7 Å². The molecule has 0 bridgehead atoms. The van der Waals surface area contributed by atoms with E-state index in [2.05, 4.69) is 0 Å². The normalized spacial score (nSPS) is 12.1. The summed E-state index contributed by atoms with van der Waals surface area (Å²) in [7, 11) is 0. The van der Waals surface area contributed by atoms with E-state index >= 15 is 0 Å². The molecule has 0 saturated carbocycles. The second-order valence-corrected chi connectivity index (χ2v) is 4.24. The van der Waals surface area contributed by atoms with Crippen LogP contribution in [-0.2, 0) is 0 Å². The van der Waals surface area contributed by atoms with E-state index < -0.39 is 9.85 Å². The molecule has 2 N–H and O–H groups in total. The fraction of sp³-hybridized carbons (Fsp3) is 0.167. The van der Waals surface area contributed by atoms with Crippen LogP contribution in [0.1, 0.15) is 18.7 Å². The summed E-state index contributed by atoms with van der Waals surface area (Å²) < 4.78 is 5.43. The van der Waals surface area contributed by atoms with Gasteiger partial charge in [-0.25, -0.2) is 0 Å². The van der Waals surface area contributed by atoms with E-state index in [1.807, 2.05) is 0 Å². The van der Waals surface area contributed by atoms with E-state index in [1.165, 1.54) is 12.1 Å². The molecule has 0 radical (unpaired) electrons. The van der Waals surface area contributed by atoms with Gasteiger partial charge in [0.2, 0.25) is 0 Å². The first-order valence-electron chi connectivity index (χ1n) is 5.68. The Hall–Kier alpha value is -2.74. The number of nitrogens with zero attached hydrogens (tertiary/aromatic N) is 2. The SMILES string of the molecule is CC(N)c1ccc(-c2cc([N+](=O)[O-])cc([N+](=O)[O-])c2)o1. The Morgan fingerprint density at radius 1 is 1.10 bits per heavy atom. The van der Waals surface area contributed by atoms with Crippen molar-refractivity contribution in [1.82, 2.24) is 0 Å². The number of hydrogen-bond acceptors (Lipinski definition) is 6. The first-order chi connectivity index (χ1) is 9.38.